The Morgan fingerprint density at radius 1 is 1.17 bits per heavy atom. The molecule has 0 fully saturated rings. The quantitative estimate of drug-likeness (QED) is 0.768. The number of nitrogens with one attached hydrogen (secondary N) is 1. The van der Waals surface area contributed by atoms with Gasteiger partial charge in [0.2, 0.25) is 0 Å². The van der Waals surface area contributed by atoms with Crippen LogP contribution in [0.5, 0.6) is 0 Å². The number of hydrogen-bond donors (Lipinski definition) is 2. The van der Waals surface area contributed by atoms with Crippen molar-refractivity contribution in [1.82, 2.24) is 0 Å². The van der Waals surface area contributed by atoms with Gasteiger partial charge in [-0.15, -0.1) is 0 Å². The second-order valence-corrected chi connectivity index (χ2v) is 7.41. The summed E-state index contributed by atoms with van der Waals surface area (Å²) in [7, 11) is -3.98. The maximum atomic E-state index is 12.5. The molecule has 2 N–H and O–H groups in total. The Balaban J connectivity index is 2.25. The Morgan fingerprint density at radius 3 is 2.42 bits per heavy atom. The molecule has 24 heavy (non-hydrogen) atoms. The summed E-state index contributed by atoms with van der Waals surface area (Å²) in [6.45, 7) is 2.11. The third-order valence-electron chi connectivity index (χ3n) is 3.49. The third-order valence-corrected chi connectivity index (χ3v) is 5.36. The summed E-state index contributed by atoms with van der Waals surface area (Å²) in [5, 5.41) is 8.96. The summed E-state index contributed by atoms with van der Waals surface area (Å²) < 4.78 is 27.4. The van der Waals surface area contributed by atoms with Crippen LogP contribution in [0.4, 0.5) is 5.69 Å². The number of halogens is 1. The van der Waals surface area contributed by atoms with Crippen molar-refractivity contribution in [2.75, 3.05) is 4.72 Å². The zero-order valence-corrected chi connectivity index (χ0v) is 14.7. The van der Waals surface area contributed by atoms with E-state index in [-0.39, 0.29) is 15.5 Å². The largest absolute Gasteiger partial charge is 0.478 e. The van der Waals surface area contributed by atoms with E-state index in [1.165, 1.54) is 12.1 Å². The molecule has 0 saturated heterocycles. The lowest BCUT2D eigenvalue weighted by atomic mass is 10.1. The monoisotopic (exact) mass is 367 g/mol. The fourth-order valence-electron chi connectivity index (χ4n) is 2.17. The van der Waals surface area contributed by atoms with Gasteiger partial charge in [0.1, 0.15) is 4.90 Å². The number of rotatable bonds is 7. The molecule has 5 nitrogen and oxygen atoms in total. The Kier molecular flexibility index (Phi) is 5.85. The molecule has 0 aliphatic carbocycles. The highest BCUT2D eigenvalue weighted by Crippen LogP contribution is 2.25. The van der Waals surface area contributed by atoms with E-state index in [4.69, 9.17) is 16.7 Å². The van der Waals surface area contributed by atoms with Gasteiger partial charge in [0.25, 0.3) is 10.0 Å². The normalized spacial score (nSPS) is 11.2. The van der Waals surface area contributed by atoms with E-state index < -0.39 is 16.0 Å². The van der Waals surface area contributed by atoms with Gasteiger partial charge in [-0.2, -0.15) is 0 Å². The molecule has 0 aliphatic heterocycles. The van der Waals surface area contributed by atoms with Crippen molar-refractivity contribution in [1.29, 1.82) is 0 Å². The molecule has 128 valence electrons. The number of aromatic carboxylic acids is 1. The molecule has 2 aromatic rings. The first kappa shape index (κ1) is 18.3. The molecule has 0 heterocycles. The molecule has 0 amide bonds. The van der Waals surface area contributed by atoms with Crippen molar-refractivity contribution in [2.24, 2.45) is 0 Å². The molecule has 0 spiro atoms. The Labute approximate surface area is 146 Å². The maximum Gasteiger partial charge on any atom is 0.335 e. The predicted octanol–water partition coefficient (Wildman–Crippen LogP) is 4.18. The fourth-order valence-corrected chi connectivity index (χ4v) is 3.76. The molecule has 0 aromatic heterocycles. The molecule has 2 rings (SSSR count). The topological polar surface area (TPSA) is 83.5 Å². The van der Waals surface area contributed by atoms with Crippen molar-refractivity contribution in [2.45, 2.75) is 31.1 Å². The highest BCUT2D eigenvalue weighted by molar-refractivity contribution is 7.92. The summed E-state index contributed by atoms with van der Waals surface area (Å²) >= 11 is 5.92. The third kappa shape index (κ3) is 4.49. The van der Waals surface area contributed by atoms with Crippen LogP contribution >= 0.6 is 11.6 Å². The first-order chi connectivity index (χ1) is 11.3. The predicted molar refractivity (Wildman–Crippen MR) is 94.3 cm³/mol. The van der Waals surface area contributed by atoms with E-state index in [1.54, 1.807) is 12.1 Å². The second-order valence-electron chi connectivity index (χ2n) is 5.36. The Morgan fingerprint density at radius 2 is 1.83 bits per heavy atom. The van der Waals surface area contributed by atoms with Crippen molar-refractivity contribution in [3.05, 3.63) is 58.6 Å². The van der Waals surface area contributed by atoms with E-state index in [1.807, 2.05) is 12.1 Å². The van der Waals surface area contributed by atoms with Crippen LogP contribution < -0.4 is 4.72 Å². The van der Waals surface area contributed by atoms with E-state index in [0.29, 0.717) is 5.69 Å². The number of unbranched alkanes of at least 4 members (excludes halogenated alkanes) is 1. The summed E-state index contributed by atoms with van der Waals surface area (Å²) in [6, 6.07) is 10.6. The van der Waals surface area contributed by atoms with Crippen LogP contribution in [0.15, 0.2) is 47.4 Å². The molecule has 2 aromatic carbocycles. The number of hydrogen-bond acceptors (Lipinski definition) is 3. The molecule has 0 radical (unpaired) electrons. The van der Waals surface area contributed by atoms with Gasteiger partial charge in [-0.3, -0.25) is 4.72 Å². The zero-order chi connectivity index (χ0) is 17.7. The van der Waals surface area contributed by atoms with Crippen molar-refractivity contribution < 1.29 is 18.3 Å². The standard InChI is InChI=1S/C17H18ClNO4S/c1-2-3-4-12-5-8-14(9-6-12)19-24(22,23)16-11-13(17(20)21)7-10-15(16)18/h5-11,19H,2-4H2,1H3,(H,20,21). The van der Waals surface area contributed by atoms with E-state index in [2.05, 4.69) is 11.6 Å². The van der Waals surface area contributed by atoms with Gasteiger partial charge < -0.3 is 5.11 Å². The average Bonchev–Trinajstić information content (AvgIpc) is 2.54. The lowest BCUT2D eigenvalue weighted by Crippen LogP contribution is -2.14. The summed E-state index contributed by atoms with van der Waals surface area (Å²) in [4.78, 5) is 10.8. The van der Waals surface area contributed by atoms with Crippen LogP contribution in [-0.4, -0.2) is 19.5 Å². The minimum atomic E-state index is -3.98. The van der Waals surface area contributed by atoms with Crippen LogP contribution in [0.1, 0.15) is 35.7 Å². The molecular formula is C17H18ClNO4S. The Bertz CT molecular complexity index is 832. The van der Waals surface area contributed by atoms with Gasteiger partial charge in [0, 0.05) is 5.69 Å². The molecule has 0 saturated carbocycles. The minimum Gasteiger partial charge on any atom is -0.478 e. The average molecular weight is 368 g/mol. The molecule has 0 unspecified atom stereocenters. The lowest BCUT2D eigenvalue weighted by molar-refractivity contribution is 0.0696. The van der Waals surface area contributed by atoms with Gasteiger partial charge in [0.05, 0.1) is 10.6 Å². The van der Waals surface area contributed by atoms with Gasteiger partial charge in [-0.25, -0.2) is 13.2 Å². The van der Waals surface area contributed by atoms with E-state index in [9.17, 15) is 13.2 Å². The fraction of sp³-hybridized carbons (Fsp3) is 0.235. The van der Waals surface area contributed by atoms with Gasteiger partial charge in [0.15, 0.2) is 0 Å². The summed E-state index contributed by atoms with van der Waals surface area (Å²) in [5.74, 6) is -1.22. The number of carbonyl (C=O) groups is 1. The highest BCUT2D eigenvalue weighted by Gasteiger charge is 2.20. The van der Waals surface area contributed by atoms with E-state index >= 15 is 0 Å². The van der Waals surface area contributed by atoms with Crippen molar-refractivity contribution >= 4 is 33.3 Å². The highest BCUT2D eigenvalue weighted by atomic mass is 35.5. The van der Waals surface area contributed by atoms with Crippen LogP contribution in [-0.2, 0) is 16.4 Å². The SMILES string of the molecule is CCCCc1ccc(NS(=O)(=O)c2cc(C(=O)O)ccc2Cl)cc1. The maximum absolute atomic E-state index is 12.5. The Hall–Kier alpha value is -2.05. The van der Waals surface area contributed by atoms with Crippen LogP contribution in [0.3, 0.4) is 0 Å². The van der Waals surface area contributed by atoms with Crippen molar-refractivity contribution in [3.8, 4) is 0 Å². The zero-order valence-electron chi connectivity index (χ0n) is 13.1. The molecule has 0 aliphatic rings. The number of aryl methyl sites for hydroxylation is 1. The lowest BCUT2D eigenvalue weighted by Gasteiger charge is -2.11. The van der Waals surface area contributed by atoms with E-state index in [0.717, 1.165) is 30.9 Å². The summed E-state index contributed by atoms with van der Waals surface area (Å²) in [6.07, 6.45) is 3.10. The summed E-state index contributed by atoms with van der Waals surface area (Å²) in [5.41, 5.74) is 1.38. The van der Waals surface area contributed by atoms with Gasteiger partial charge >= 0.3 is 5.97 Å². The second kappa shape index (κ2) is 7.68. The molecule has 0 atom stereocenters. The van der Waals surface area contributed by atoms with Crippen LogP contribution in [0, 0.1) is 0 Å². The van der Waals surface area contributed by atoms with Gasteiger partial charge in [-0.1, -0.05) is 37.1 Å². The van der Waals surface area contributed by atoms with Crippen LogP contribution in [0.25, 0.3) is 0 Å². The molecular weight excluding hydrogens is 350 g/mol. The number of sulfonamides is 1. The van der Waals surface area contributed by atoms with Gasteiger partial charge in [-0.05, 0) is 48.7 Å². The number of carboxylic acid groups (broad SMARTS) is 1. The van der Waals surface area contributed by atoms with Crippen LogP contribution in [0.2, 0.25) is 5.02 Å². The van der Waals surface area contributed by atoms with Crippen molar-refractivity contribution in [3.63, 3.8) is 0 Å². The molecule has 7 heteroatoms. The number of anilines is 1. The smallest absolute Gasteiger partial charge is 0.335 e. The first-order valence-electron chi connectivity index (χ1n) is 7.48. The number of carboxylic acids is 1. The molecule has 0 bridgehead atoms. The number of benzene rings is 2. The first-order valence-corrected chi connectivity index (χ1v) is 9.34. The minimum absolute atomic E-state index is 0.0351.